The summed E-state index contributed by atoms with van der Waals surface area (Å²) in [6.45, 7) is -2.93. The van der Waals surface area contributed by atoms with Crippen LogP contribution in [0.5, 0.6) is 5.75 Å². The number of carbonyl (C=O) groups is 1. The Labute approximate surface area is 84.5 Å². The van der Waals surface area contributed by atoms with Gasteiger partial charge in [0.1, 0.15) is 5.75 Å². The van der Waals surface area contributed by atoms with Crippen molar-refractivity contribution in [2.24, 2.45) is 0 Å². The second-order valence-corrected chi connectivity index (χ2v) is 2.72. The number of aryl methyl sites for hydroxylation is 1. The minimum absolute atomic E-state index is 0.0677. The van der Waals surface area contributed by atoms with Crippen molar-refractivity contribution >= 4 is 5.97 Å². The lowest BCUT2D eigenvalue weighted by Crippen LogP contribution is -2.07. The highest BCUT2D eigenvalue weighted by Crippen LogP contribution is 2.19. The summed E-state index contributed by atoms with van der Waals surface area (Å²) in [4.78, 5) is 14.1. The summed E-state index contributed by atoms with van der Waals surface area (Å²) < 4.78 is 28.1. The van der Waals surface area contributed by atoms with Gasteiger partial charge in [0.05, 0.1) is 12.1 Å². The topological polar surface area (TPSA) is 59.4 Å². The highest BCUT2D eigenvalue weighted by molar-refractivity contribution is 5.67. The summed E-state index contributed by atoms with van der Waals surface area (Å²) in [5.74, 6) is -1.09. The average Bonchev–Trinajstić information content (AvgIpc) is 2.15. The van der Waals surface area contributed by atoms with Crippen molar-refractivity contribution in [1.29, 1.82) is 0 Å². The number of pyridine rings is 1. The van der Waals surface area contributed by atoms with E-state index in [1.54, 1.807) is 0 Å². The average molecular weight is 217 g/mol. The molecule has 1 N–H and O–H groups in total. The van der Waals surface area contributed by atoms with Gasteiger partial charge in [0.2, 0.25) is 0 Å². The smallest absolute Gasteiger partial charge is 0.387 e. The van der Waals surface area contributed by atoms with E-state index >= 15 is 0 Å². The lowest BCUT2D eigenvalue weighted by atomic mass is 10.2. The van der Waals surface area contributed by atoms with Crippen LogP contribution >= 0.6 is 0 Å². The fourth-order valence-corrected chi connectivity index (χ4v) is 1.04. The number of carboxylic acids is 1. The molecular weight excluding hydrogens is 208 g/mol. The van der Waals surface area contributed by atoms with Crippen LogP contribution in [-0.2, 0) is 11.2 Å². The lowest BCUT2D eigenvalue weighted by Gasteiger charge is -2.08. The first-order valence-corrected chi connectivity index (χ1v) is 4.20. The first-order chi connectivity index (χ1) is 7.09. The van der Waals surface area contributed by atoms with Gasteiger partial charge in [0, 0.05) is 12.6 Å². The fourth-order valence-electron chi connectivity index (χ4n) is 1.04. The van der Waals surface area contributed by atoms with Gasteiger partial charge in [0.15, 0.2) is 0 Å². The van der Waals surface area contributed by atoms with Crippen molar-refractivity contribution in [3.05, 3.63) is 24.0 Å². The Morgan fingerprint density at radius 2 is 2.33 bits per heavy atom. The Morgan fingerprint density at radius 1 is 1.60 bits per heavy atom. The zero-order chi connectivity index (χ0) is 11.3. The van der Waals surface area contributed by atoms with E-state index in [1.165, 1.54) is 18.3 Å². The molecule has 0 atom stereocenters. The number of carboxylic acid groups (broad SMARTS) is 1. The summed E-state index contributed by atoms with van der Waals surface area (Å²) in [6.07, 6.45) is 1.30. The Morgan fingerprint density at radius 3 is 2.93 bits per heavy atom. The van der Waals surface area contributed by atoms with Gasteiger partial charge >= 0.3 is 12.6 Å². The summed E-state index contributed by atoms with van der Waals surface area (Å²) in [6, 6.07) is 2.78. The molecule has 0 radical (unpaired) electrons. The van der Waals surface area contributed by atoms with Crippen molar-refractivity contribution in [3.8, 4) is 5.75 Å². The summed E-state index contributed by atoms with van der Waals surface area (Å²) in [7, 11) is 0. The zero-order valence-corrected chi connectivity index (χ0v) is 7.69. The molecule has 6 heteroatoms. The number of hydrogen-bond donors (Lipinski definition) is 1. The molecule has 0 saturated heterocycles. The molecule has 0 amide bonds. The normalized spacial score (nSPS) is 10.3. The van der Waals surface area contributed by atoms with E-state index in [-0.39, 0.29) is 24.3 Å². The molecule has 0 aromatic carbocycles. The number of aromatic nitrogens is 1. The number of nitrogens with zero attached hydrogens (tertiary/aromatic N) is 1. The van der Waals surface area contributed by atoms with Gasteiger partial charge in [-0.05, 0) is 12.1 Å². The summed E-state index contributed by atoms with van der Waals surface area (Å²) in [5, 5.41) is 8.43. The van der Waals surface area contributed by atoms with E-state index in [2.05, 4.69) is 9.72 Å². The molecule has 4 nitrogen and oxygen atoms in total. The SMILES string of the molecule is O=C(O)CCc1ncccc1OC(F)F. The third kappa shape index (κ3) is 3.88. The van der Waals surface area contributed by atoms with Crippen LogP contribution in [0.4, 0.5) is 8.78 Å². The fraction of sp³-hybridized carbons (Fsp3) is 0.333. The molecule has 0 unspecified atom stereocenters. The summed E-state index contributed by atoms with van der Waals surface area (Å²) >= 11 is 0. The Bertz CT molecular complexity index is 344. The Hall–Kier alpha value is -1.72. The number of ether oxygens (including phenoxy) is 1. The lowest BCUT2D eigenvalue weighted by molar-refractivity contribution is -0.136. The molecule has 0 aliphatic heterocycles. The van der Waals surface area contributed by atoms with Gasteiger partial charge in [-0.2, -0.15) is 8.78 Å². The van der Waals surface area contributed by atoms with E-state index in [0.29, 0.717) is 0 Å². The molecule has 0 spiro atoms. The molecule has 1 heterocycles. The van der Waals surface area contributed by atoms with E-state index in [0.717, 1.165) is 0 Å². The molecule has 15 heavy (non-hydrogen) atoms. The quantitative estimate of drug-likeness (QED) is 0.815. The molecule has 0 bridgehead atoms. The van der Waals surface area contributed by atoms with Crippen LogP contribution in [0.3, 0.4) is 0 Å². The van der Waals surface area contributed by atoms with Crippen LogP contribution in [0.25, 0.3) is 0 Å². The number of halogens is 2. The van der Waals surface area contributed by atoms with Crippen LogP contribution in [-0.4, -0.2) is 22.7 Å². The number of alkyl halides is 2. The molecule has 0 aliphatic carbocycles. The Kier molecular flexibility index (Phi) is 3.96. The maximum Gasteiger partial charge on any atom is 0.387 e. The maximum atomic E-state index is 11.9. The van der Waals surface area contributed by atoms with E-state index in [1.807, 2.05) is 0 Å². The second-order valence-electron chi connectivity index (χ2n) is 2.72. The molecule has 0 aliphatic rings. The van der Waals surface area contributed by atoms with Gasteiger partial charge < -0.3 is 9.84 Å². The van der Waals surface area contributed by atoms with Gasteiger partial charge in [-0.15, -0.1) is 0 Å². The van der Waals surface area contributed by atoms with E-state index < -0.39 is 12.6 Å². The van der Waals surface area contributed by atoms with Crippen LogP contribution in [0.2, 0.25) is 0 Å². The van der Waals surface area contributed by atoms with E-state index in [9.17, 15) is 13.6 Å². The molecule has 82 valence electrons. The predicted molar refractivity (Wildman–Crippen MR) is 46.8 cm³/mol. The largest absolute Gasteiger partial charge is 0.481 e. The standard InChI is InChI=1S/C9H9F2NO3/c10-9(11)15-7-2-1-5-12-6(7)3-4-8(13)14/h1-2,5,9H,3-4H2,(H,13,14). The highest BCUT2D eigenvalue weighted by Gasteiger charge is 2.11. The van der Waals surface area contributed by atoms with E-state index in [4.69, 9.17) is 5.11 Å². The first-order valence-electron chi connectivity index (χ1n) is 4.20. The molecule has 1 rings (SSSR count). The zero-order valence-electron chi connectivity index (χ0n) is 7.69. The highest BCUT2D eigenvalue weighted by atomic mass is 19.3. The Balaban J connectivity index is 2.72. The van der Waals surface area contributed by atoms with Crippen LogP contribution < -0.4 is 4.74 Å². The molecular formula is C9H9F2NO3. The van der Waals surface area contributed by atoms with Crippen LogP contribution in [0, 0.1) is 0 Å². The van der Waals surface area contributed by atoms with Gasteiger partial charge in [-0.1, -0.05) is 0 Å². The van der Waals surface area contributed by atoms with Gasteiger partial charge in [-0.25, -0.2) is 0 Å². The van der Waals surface area contributed by atoms with Crippen molar-refractivity contribution in [1.82, 2.24) is 4.98 Å². The summed E-state index contributed by atoms with van der Waals surface area (Å²) in [5.41, 5.74) is 0.222. The van der Waals surface area contributed by atoms with Crippen LogP contribution in [0.1, 0.15) is 12.1 Å². The minimum Gasteiger partial charge on any atom is -0.481 e. The van der Waals surface area contributed by atoms with Gasteiger partial charge in [-0.3, -0.25) is 9.78 Å². The monoisotopic (exact) mass is 217 g/mol. The minimum atomic E-state index is -2.93. The van der Waals surface area contributed by atoms with Crippen molar-refractivity contribution in [2.45, 2.75) is 19.5 Å². The van der Waals surface area contributed by atoms with Crippen molar-refractivity contribution in [3.63, 3.8) is 0 Å². The molecule has 1 aromatic heterocycles. The third-order valence-corrected chi connectivity index (χ3v) is 1.64. The maximum absolute atomic E-state index is 11.9. The molecule has 1 aromatic rings. The number of rotatable bonds is 5. The van der Waals surface area contributed by atoms with Crippen LogP contribution in [0.15, 0.2) is 18.3 Å². The first kappa shape index (κ1) is 11.4. The number of aliphatic carboxylic acids is 1. The number of hydrogen-bond acceptors (Lipinski definition) is 3. The van der Waals surface area contributed by atoms with Crippen molar-refractivity contribution in [2.75, 3.05) is 0 Å². The molecule has 0 fully saturated rings. The molecule has 0 saturated carbocycles. The van der Waals surface area contributed by atoms with Gasteiger partial charge in [0.25, 0.3) is 0 Å². The third-order valence-electron chi connectivity index (χ3n) is 1.64. The predicted octanol–water partition coefficient (Wildman–Crippen LogP) is 1.70. The van der Waals surface area contributed by atoms with Crippen molar-refractivity contribution < 1.29 is 23.4 Å². The second kappa shape index (κ2) is 5.23.